The Bertz CT molecular complexity index is 569. The first kappa shape index (κ1) is 14.0. The van der Waals surface area contributed by atoms with Crippen LogP contribution in [0.5, 0.6) is 0 Å². The fourth-order valence-corrected chi connectivity index (χ4v) is 1.88. The van der Waals surface area contributed by atoms with Crippen molar-refractivity contribution >= 4 is 11.6 Å². The van der Waals surface area contributed by atoms with Crippen molar-refractivity contribution in [2.75, 3.05) is 18.4 Å². The van der Waals surface area contributed by atoms with E-state index in [1.54, 1.807) is 16.9 Å². The number of nitrogens with one attached hydrogen (secondary N) is 2. The molecule has 0 spiro atoms. The molecular formula is C14H17FN4O. The van der Waals surface area contributed by atoms with Crippen molar-refractivity contribution in [2.24, 2.45) is 0 Å². The molecule has 0 radical (unpaired) electrons. The lowest BCUT2D eigenvalue weighted by Crippen LogP contribution is -2.28. The average molecular weight is 276 g/mol. The molecular weight excluding hydrogens is 259 g/mol. The molecule has 0 aliphatic carbocycles. The van der Waals surface area contributed by atoms with Gasteiger partial charge >= 0.3 is 0 Å². The third-order valence-electron chi connectivity index (χ3n) is 2.80. The Hall–Kier alpha value is -2.37. The van der Waals surface area contributed by atoms with E-state index in [0.717, 1.165) is 0 Å². The van der Waals surface area contributed by atoms with Crippen molar-refractivity contribution in [1.29, 1.82) is 0 Å². The predicted octanol–water partition coefficient (Wildman–Crippen LogP) is 1.88. The molecule has 1 aromatic heterocycles. The minimum absolute atomic E-state index is 0.242. The molecule has 1 heterocycles. The summed E-state index contributed by atoms with van der Waals surface area (Å²) in [6.45, 7) is 3.41. The summed E-state index contributed by atoms with van der Waals surface area (Å²) >= 11 is 0. The summed E-state index contributed by atoms with van der Waals surface area (Å²) in [5, 5.41) is 9.67. The molecule has 2 N–H and O–H groups in total. The highest BCUT2D eigenvalue weighted by Crippen LogP contribution is 2.19. The van der Waals surface area contributed by atoms with Crippen LogP contribution in [0.15, 0.2) is 36.7 Å². The number of rotatable bonds is 6. The predicted molar refractivity (Wildman–Crippen MR) is 75.1 cm³/mol. The van der Waals surface area contributed by atoms with Crippen molar-refractivity contribution in [3.05, 3.63) is 48.0 Å². The van der Waals surface area contributed by atoms with Crippen LogP contribution in [0.3, 0.4) is 0 Å². The van der Waals surface area contributed by atoms with Gasteiger partial charge in [0.2, 0.25) is 0 Å². The molecule has 6 heteroatoms. The summed E-state index contributed by atoms with van der Waals surface area (Å²) in [7, 11) is 0. The number of nitrogens with zero attached hydrogens (tertiary/aromatic N) is 2. The van der Waals surface area contributed by atoms with Crippen LogP contribution in [-0.4, -0.2) is 28.8 Å². The van der Waals surface area contributed by atoms with Crippen molar-refractivity contribution in [1.82, 2.24) is 15.1 Å². The van der Waals surface area contributed by atoms with Crippen molar-refractivity contribution in [3.8, 4) is 0 Å². The van der Waals surface area contributed by atoms with Gasteiger partial charge in [-0.05, 0) is 25.1 Å². The van der Waals surface area contributed by atoms with Gasteiger partial charge in [-0.1, -0.05) is 6.07 Å². The number of halogens is 1. The van der Waals surface area contributed by atoms with E-state index >= 15 is 0 Å². The van der Waals surface area contributed by atoms with Crippen LogP contribution in [0.25, 0.3) is 0 Å². The Kier molecular flexibility index (Phi) is 4.70. The highest BCUT2D eigenvalue weighted by molar-refractivity contribution is 5.99. The van der Waals surface area contributed by atoms with E-state index in [4.69, 9.17) is 0 Å². The molecule has 0 aliphatic rings. The van der Waals surface area contributed by atoms with Gasteiger partial charge < -0.3 is 10.6 Å². The van der Waals surface area contributed by atoms with Gasteiger partial charge in [0.15, 0.2) is 0 Å². The summed E-state index contributed by atoms with van der Waals surface area (Å²) < 4.78 is 15.4. The summed E-state index contributed by atoms with van der Waals surface area (Å²) in [5.74, 6) is -0.723. The van der Waals surface area contributed by atoms with Gasteiger partial charge in [0.05, 0.1) is 17.8 Å². The SMILES string of the molecule is CCNc1c(F)cccc1C(=O)NCCn1cccn1. The summed E-state index contributed by atoms with van der Waals surface area (Å²) in [6.07, 6.45) is 3.50. The molecule has 1 aromatic carbocycles. The van der Waals surface area contributed by atoms with Crippen LogP contribution < -0.4 is 10.6 Å². The minimum atomic E-state index is -0.424. The molecule has 1 amide bonds. The average Bonchev–Trinajstić information content (AvgIpc) is 2.94. The molecule has 2 aromatic rings. The summed E-state index contributed by atoms with van der Waals surface area (Å²) in [4.78, 5) is 12.1. The zero-order valence-corrected chi connectivity index (χ0v) is 11.3. The zero-order chi connectivity index (χ0) is 14.4. The van der Waals surface area contributed by atoms with Gasteiger partial charge in [0, 0.05) is 25.5 Å². The number of aromatic nitrogens is 2. The quantitative estimate of drug-likeness (QED) is 0.847. The topological polar surface area (TPSA) is 59.0 Å². The number of carbonyl (C=O) groups is 1. The van der Waals surface area contributed by atoms with Gasteiger partial charge in [-0.2, -0.15) is 5.10 Å². The lowest BCUT2D eigenvalue weighted by molar-refractivity contribution is 0.0952. The molecule has 5 nitrogen and oxygen atoms in total. The molecule has 0 saturated carbocycles. The van der Waals surface area contributed by atoms with Crippen molar-refractivity contribution in [2.45, 2.75) is 13.5 Å². The number of benzene rings is 1. The Morgan fingerprint density at radius 1 is 1.40 bits per heavy atom. The fourth-order valence-electron chi connectivity index (χ4n) is 1.88. The Balaban J connectivity index is 1.99. The minimum Gasteiger partial charge on any atom is -0.382 e. The van der Waals surface area contributed by atoms with Gasteiger partial charge in [-0.15, -0.1) is 0 Å². The van der Waals surface area contributed by atoms with E-state index in [2.05, 4.69) is 15.7 Å². The first-order valence-corrected chi connectivity index (χ1v) is 6.50. The Labute approximate surface area is 116 Å². The second-order valence-electron chi connectivity index (χ2n) is 4.22. The molecule has 106 valence electrons. The highest BCUT2D eigenvalue weighted by Gasteiger charge is 2.13. The lowest BCUT2D eigenvalue weighted by atomic mass is 10.1. The molecule has 0 fully saturated rings. The van der Waals surface area contributed by atoms with E-state index in [0.29, 0.717) is 25.2 Å². The van der Waals surface area contributed by atoms with Crippen LogP contribution >= 0.6 is 0 Å². The van der Waals surface area contributed by atoms with Crippen LogP contribution in [0, 0.1) is 5.82 Å². The molecule has 0 saturated heterocycles. The van der Waals surface area contributed by atoms with Crippen molar-refractivity contribution in [3.63, 3.8) is 0 Å². The number of hydrogen-bond acceptors (Lipinski definition) is 3. The number of para-hydroxylation sites is 1. The van der Waals surface area contributed by atoms with Crippen LogP contribution in [-0.2, 0) is 6.54 Å². The summed E-state index contributed by atoms with van der Waals surface area (Å²) in [5.41, 5.74) is 0.555. The largest absolute Gasteiger partial charge is 0.382 e. The van der Waals surface area contributed by atoms with Gasteiger partial charge in [-0.3, -0.25) is 9.48 Å². The molecule has 0 bridgehead atoms. The van der Waals surface area contributed by atoms with Gasteiger partial charge in [-0.25, -0.2) is 4.39 Å². The second-order valence-corrected chi connectivity index (χ2v) is 4.22. The molecule has 0 aliphatic heterocycles. The van der Waals surface area contributed by atoms with Crippen LogP contribution in [0.4, 0.5) is 10.1 Å². The van der Waals surface area contributed by atoms with Crippen molar-refractivity contribution < 1.29 is 9.18 Å². The van der Waals surface area contributed by atoms with Gasteiger partial charge in [0.25, 0.3) is 5.91 Å². The van der Waals surface area contributed by atoms with E-state index in [1.807, 2.05) is 19.2 Å². The Morgan fingerprint density at radius 3 is 2.95 bits per heavy atom. The van der Waals surface area contributed by atoms with E-state index in [9.17, 15) is 9.18 Å². The van der Waals surface area contributed by atoms with Gasteiger partial charge in [0.1, 0.15) is 5.82 Å². The van der Waals surface area contributed by atoms with Crippen LogP contribution in [0.1, 0.15) is 17.3 Å². The Morgan fingerprint density at radius 2 is 2.25 bits per heavy atom. The maximum absolute atomic E-state index is 13.7. The number of hydrogen-bond donors (Lipinski definition) is 2. The maximum atomic E-state index is 13.7. The third-order valence-corrected chi connectivity index (χ3v) is 2.80. The first-order valence-electron chi connectivity index (χ1n) is 6.50. The third kappa shape index (κ3) is 3.34. The number of carbonyl (C=O) groups excluding carboxylic acids is 1. The van der Waals surface area contributed by atoms with E-state index < -0.39 is 5.82 Å². The molecule has 0 unspecified atom stereocenters. The standard InChI is InChI=1S/C14H17FN4O/c1-2-16-13-11(5-3-6-12(13)15)14(20)17-8-10-19-9-4-7-18-19/h3-7,9,16H,2,8,10H2,1H3,(H,17,20). The lowest BCUT2D eigenvalue weighted by Gasteiger charge is -2.12. The number of anilines is 1. The number of amides is 1. The fraction of sp³-hybridized carbons (Fsp3) is 0.286. The monoisotopic (exact) mass is 276 g/mol. The first-order chi connectivity index (χ1) is 9.72. The van der Waals surface area contributed by atoms with E-state index in [-0.39, 0.29) is 11.6 Å². The molecule has 0 atom stereocenters. The summed E-state index contributed by atoms with van der Waals surface area (Å²) in [6, 6.07) is 6.28. The van der Waals surface area contributed by atoms with E-state index in [1.165, 1.54) is 12.1 Å². The zero-order valence-electron chi connectivity index (χ0n) is 11.3. The highest BCUT2D eigenvalue weighted by atomic mass is 19.1. The maximum Gasteiger partial charge on any atom is 0.253 e. The molecule has 20 heavy (non-hydrogen) atoms. The normalized spacial score (nSPS) is 10.3. The van der Waals surface area contributed by atoms with Crippen LogP contribution in [0.2, 0.25) is 0 Å². The molecule has 2 rings (SSSR count). The smallest absolute Gasteiger partial charge is 0.253 e. The second kappa shape index (κ2) is 6.70.